The molecule has 0 aliphatic carbocycles. The van der Waals surface area contributed by atoms with Gasteiger partial charge in [0.15, 0.2) is 0 Å². The smallest absolute Gasteiger partial charge is 0.335 e. The van der Waals surface area contributed by atoms with Crippen LogP contribution in [0.4, 0.5) is 0 Å². The van der Waals surface area contributed by atoms with E-state index < -0.39 is 5.97 Å². The molecule has 2 N–H and O–H groups in total. The van der Waals surface area contributed by atoms with E-state index in [1.54, 1.807) is 6.07 Å². The van der Waals surface area contributed by atoms with Gasteiger partial charge in [-0.2, -0.15) is 0 Å². The van der Waals surface area contributed by atoms with Gasteiger partial charge in [0, 0.05) is 6.04 Å². The predicted octanol–water partition coefficient (Wildman–Crippen LogP) is 1.73. The fraction of sp³-hybridized carbons (Fsp3) is 0.364. The number of aromatic carboxylic acids is 1. The third-order valence-corrected chi connectivity index (χ3v) is 2.72. The molecule has 1 aliphatic rings. The molecular weight excluding hydrogens is 178 g/mol. The van der Waals surface area contributed by atoms with Crippen LogP contribution in [-0.2, 0) is 0 Å². The zero-order valence-corrected chi connectivity index (χ0v) is 8.08. The molecule has 1 aliphatic heterocycles. The van der Waals surface area contributed by atoms with Crippen molar-refractivity contribution >= 4 is 5.97 Å². The number of carbonyl (C=O) groups is 1. The molecule has 1 fully saturated rings. The van der Waals surface area contributed by atoms with Gasteiger partial charge in [-0.25, -0.2) is 4.79 Å². The zero-order valence-electron chi connectivity index (χ0n) is 8.08. The third kappa shape index (κ3) is 1.51. The van der Waals surface area contributed by atoms with Crippen molar-refractivity contribution in [1.82, 2.24) is 5.32 Å². The number of carboxylic acids is 1. The summed E-state index contributed by atoms with van der Waals surface area (Å²) in [5.41, 5.74) is 2.32. The second-order valence-electron chi connectivity index (χ2n) is 3.67. The quantitative estimate of drug-likeness (QED) is 0.748. The van der Waals surface area contributed by atoms with Crippen molar-refractivity contribution in [2.24, 2.45) is 0 Å². The van der Waals surface area contributed by atoms with Gasteiger partial charge >= 0.3 is 5.97 Å². The Kier molecular flexibility index (Phi) is 2.25. The second kappa shape index (κ2) is 3.42. The summed E-state index contributed by atoms with van der Waals surface area (Å²) in [5.74, 6) is -0.844. The maximum atomic E-state index is 10.9. The van der Waals surface area contributed by atoms with Crippen molar-refractivity contribution in [2.45, 2.75) is 19.4 Å². The van der Waals surface area contributed by atoms with Crippen LogP contribution in [0.1, 0.15) is 33.9 Å². The number of hydrogen-bond donors (Lipinski definition) is 2. The lowest BCUT2D eigenvalue weighted by Crippen LogP contribution is -2.35. The minimum Gasteiger partial charge on any atom is -0.478 e. The van der Waals surface area contributed by atoms with Crippen LogP contribution in [0.2, 0.25) is 0 Å². The first-order valence-corrected chi connectivity index (χ1v) is 4.75. The molecule has 0 amide bonds. The minimum atomic E-state index is -0.844. The summed E-state index contributed by atoms with van der Waals surface area (Å²) in [5, 5.41) is 12.2. The lowest BCUT2D eigenvalue weighted by molar-refractivity contribution is 0.0696. The van der Waals surface area contributed by atoms with Crippen molar-refractivity contribution < 1.29 is 9.90 Å². The topological polar surface area (TPSA) is 49.3 Å². The Balaban J connectivity index is 2.34. The lowest BCUT2D eigenvalue weighted by Gasteiger charge is -2.28. The first-order chi connectivity index (χ1) is 6.68. The van der Waals surface area contributed by atoms with E-state index in [2.05, 4.69) is 5.32 Å². The minimum absolute atomic E-state index is 0.355. The summed E-state index contributed by atoms with van der Waals surface area (Å²) in [6.45, 7) is 2.85. The largest absolute Gasteiger partial charge is 0.478 e. The molecule has 74 valence electrons. The highest BCUT2D eigenvalue weighted by molar-refractivity contribution is 5.89. The molecule has 1 unspecified atom stereocenters. The van der Waals surface area contributed by atoms with Gasteiger partial charge < -0.3 is 10.4 Å². The molecule has 1 atom stereocenters. The maximum Gasteiger partial charge on any atom is 0.335 e. The molecule has 0 radical (unpaired) electrons. The van der Waals surface area contributed by atoms with E-state index in [9.17, 15) is 4.79 Å². The number of nitrogens with one attached hydrogen (secondary N) is 1. The van der Waals surface area contributed by atoms with E-state index in [1.165, 1.54) is 0 Å². The summed E-state index contributed by atoms with van der Waals surface area (Å²) in [7, 11) is 0. The van der Waals surface area contributed by atoms with E-state index in [-0.39, 0.29) is 0 Å². The Bertz CT molecular complexity index is 370. The van der Waals surface area contributed by atoms with E-state index in [0.29, 0.717) is 11.6 Å². The summed E-state index contributed by atoms with van der Waals surface area (Å²) in [6, 6.07) is 6.00. The predicted molar refractivity (Wildman–Crippen MR) is 53.5 cm³/mol. The molecule has 14 heavy (non-hydrogen) atoms. The Labute approximate surface area is 82.8 Å². The maximum absolute atomic E-state index is 10.9. The van der Waals surface area contributed by atoms with Crippen LogP contribution in [0, 0.1) is 6.92 Å². The number of carboxylic acid groups (broad SMARTS) is 1. The van der Waals surface area contributed by atoms with Crippen molar-refractivity contribution in [2.75, 3.05) is 6.54 Å². The summed E-state index contributed by atoms with van der Waals surface area (Å²) < 4.78 is 0. The van der Waals surface area contributed by atoms with Gasteiger partial charge in [-0.3, -0.25) is 0 Å². The highest BCUT2D eigenvalue weighted by Gasteiger charge is 2.19. The Morgan fingerprint density at radius 1 is 1.57 bits per heavy atom. The summed E-state index contributed by atoms with van der Waals surface area (Å²) in [4.78, 5) is 10.9. The highest BCUT2D eigenvalue weighted by Crippen LogP contribution is 2.24. The van der Waals surface area contributed by atoms with Crippen LogP contribution in [0.5, 0.6) is 0 Å². The van der Waals surface area contributed by atoms with Gasteiger partial charge in [0.25, 0.3) is 0 Å². The molecule has 3 heteroatoms. The Morgan fingerprint density at radius 2 is 2.29 bits per heavy atom. The molecular formula is C11H13NO2. The molecule has 0 spiro atoms. The van der Waals surface area contributed by atoms with Crippen LogP contribution in [0.25, 0.3) is 0 Å². The molecule has 0 aromatic heterocycles. The fourth-order valence-electron chi connectivity index (χ4n) is 1.66. The van der Waals surface area contributed by atoms with E-state index in [1.807, 2.05) is 19.1 Å². The first-order valence-electron chi connectivity index (χ1n) is 4.75. The summed E-state index contributed by atoms with van der Waals surface area (Å²) >= 11 is 0. The van der Waals surface area contributed by atoms with Gasteiger partial charge in [-0.15, -0.1) is 0 Å². The van der Waals surface area contributed by atoms with E-state index in [4.69, 9.17) is 5.11 Å². The highest BCUT2D eigenvalue weighted by atomic mass is 16.4. The third-order valence-electron chi connectivity index (χ3n) is 2.72. The Morgan fingerprint density at radius 3 is 2.79 bits per heavy atom. The number of aryl methyl sites for hydroxylation is 1. The molecule has 3 nitrogen and oxygen atoms in total. The van der Waals surface area contributed by atoms with Crippen molar-refractivity contribution in [3.8, 4) is 0 Å². The standard InChI is InChI=1S/C11H13NO2/c1-7-2-3-8(10-4-5-12-10)6-9(7)11(13)14/h2-3,6,10,12H,4-5H2,1H3,(H,13,14). The van der Waals surface area contributed by atoms with Crippen molar-refractivity contribution in [1.29, 1.82) is 0 Å². The first kappa shape index (κ1) is 9.21. The van der Waals surface area contributed by atoms with Gasteiger partial charge in [-0.05, 0) is 37.1 Å². The molecule has 0 bridgehead atoms. The zero-order chi connectivity index (χ0) is 10.1. The molecule has 2 rings (SSSR count). The average molecular weight is 191 g/mol. The van der Waals surface area contributed by atoms with Crippen LogP contribution >= 0.6 is 0 Å². The van der Waals surface area contributed by atoms with Gasteiger partial charge in [0.05, 0.1) is 5.56 Å². The Hall–Kier alpha value is -1.35. The average Bonchev–Trinajstić information content (AvgIpc) is 2.04. The second-order valence-corrected chi connectivity index (χ2v) is 3.67. The number of hydrogen-bond acceptors (Lipinski definition) is 2. The van der Waals surface area contributed by atoms with Crippen molar-refractivity contribution in [3.63, 3.8) is 0 Å². The normalized spacial score (nSPS) is 20.2. The molecule has 1 saturated heterocycles. The van der Waals surface area contributed by atoms with Gasteiger partial charge in [0.2, 0.25) is 0 Å². The number of rotatable bonds is 2. The number of benzene rings is 1. The van der Waals surface area contributed by atoms with E-state index in [0.717, 1.165) is 24.1 Å². The van der Waals surface area contributed by atoms with Crippen LogP contribution < -0.4 is 5.32 Å². The van der Waals surface area contributed by atoms with Gasteiger partial charge in [-0.1, -0.05) is 12.1 Å². The molecule has 1 aromatic rings. The van der Waals surface area contributed by atoms with Crippen LogP contribution in [0.3, 0.4) is 0 Å². The van der Waals surface area contributed by atoms with Crippen molar-refractivity contribution in [3.05, 3.63) is 34.9 Å². The van der Waals surface area contributed by atoms with E-state index >= 15 is 0 Å². The van der Waals surface area contributed by atoms with Crippen LogP contribution in [0.15, 0.2) is 18.2 Å². The summed E-state index contributed by atoms with van der Waals surface area (Å²) in [6.07, 6.45) is 1.10. The molecule has 1 heterocycles. The van der Waals surface area contributed by atoms with Gasteiger partial charge in [0.1, 0.15) is 0 Å². The monoisotopic (exact) mass is 191 g/mol. The molecule has 0 saturated carbocycles. The lowest BCUT2D eigenvalue weighted by atomic mass is 9.94. The fourth-order valence-corrected chi connectivity index (χ4v) is 1.66. The SMILES string of the molecule is Cc1ccc(C2CCN2)cc1C(=O)O. The van der Waals surface area contributed by atoms with Crippen LogP contribution in [-0.4, -0.2) is 17.6 Å². The molecule has 1 aromatic carbocycles.